The monoisotopic (exact) mass is 398 g/mol. The Hall–Kier alpha value is -2.71. The SMILES string of the molecule is CCn1cc(CN2CCN(c3c(F)cccc3C(O)c3nccn3C)CC2)cn1. The number of rotatable bonds is 6. The molecule has 1 atom stereocenters. The van der Waals surface area contributed by atoms with Gasteiger partial charge < -0.3 is 14.6 Å². The summed E-state index contributed by atoms with van der Waals surface area (Å²) in [6.07, 6.45) is 6.42. The van der Waals surface area contributed by atoms with Crippen LogP contribution in [0.5, 0.6) is 0 Å². The summed E-state index contributed by atoms with van der Waals surface area (Å²) in [6.45, 7) is 6.82. The van der Waals surface area contributed by atoms with E-state index in [0.717, 1.165) is 26.2 Å². The van der Waals surface area contributed by atoms with E-state index in [0.29, 0.717) is 30.2 Å². The first kappa shape index (κ1) is 19.6. The van der Waals surface area contributed by atoms with Gasteiger partial charge in [0.2, 0.25) is 0 Å². The van der Waals surface area contributed by atoms with Gasteiger partial charge in [0.25, 0.3) is 0 Å². The Bertz CT molecular complexity index is 960. The molecule has 0 radical (unpaired) electrons. The summed E-state index contributed by atoms with van der Waals surface area (Å²) in [5, 5.41) is 15.2. The van der Waals surface area contributed by atoms with Crippen molar-refractivity contribution in [1.82, 2.24) is 24.2 Å². The summed E-state index contributed by atoms with van der Waals surface area (Å²) in [7, 11) is 1.82. The molecule has 1 fully saturated rings. The Kier molecular flexibility index (Phi) is 5.64. The van der Waals surface area contributed by atoms with E-state index in [1.165, 1.54) is 11.6 Å². The minimum atomic E-state index is -0.974. The molecule has 4 rings (SSSR count). The molecule has 1 aliphatic heterocycles. The highest BCUT2D eigenvalue weighted by Gasteiger charge is 2.26. The van der Waals surface area contributed by atoms with Gasteiger partial charge >= 0.3 is 0 Å². The van der Waals surface area contributed by atoms with Gasteiger partial charge in [0.15, 0.2) is 0 Å². The van der Waals surface area contributed by atoms with Crippen LogP contribution in [0.2, 0.25) is 0 Å². The number of aryl methyl sites for hydroxylation is 2. The Morgan fingerprint density at radius 1 is 1.21 bits per heavy atom. The van der Waals surface area contributed by atoms with Crippen molar-refractivity contribution in [3.63, 3.8) is 0 Å². The summed E-state index contributed by atoms with van der Waals surface area (Å²) < 4.78 is 18.5. The molecule has 8 heteroatoms. The quantitative estimate of drug-likeness (QED) is 0.690. The molecule has 0 aliphatic carbocycles. The highest BCUT2D eigenvalue weighted by atomic mass is 19.1. The second kappa shape index (κ2) is 8.34. The molecule has 0 bridgehead atoms. The molecule has 0 amide bonds. The molecule has 3 heterocycles. The van der Waals surface area contributed by atoms with Gasteiger partial charge in [-0.1, -0.05) is 12.1 Å². The predicted octanol–water partition coefficient (Wildman–Crippen LogP) is 2.18. The number of nitrogens with zero attached hydrogens (tertiary/aromatic N) is 6. The van der Waals surface area contributed by atoms with Gasteiger partial charge in [-0.3, -0.25) is 9.58 Å². The minimum absolute atomic E-state index is 0.312. The summed E-state index contributed by atoms with van der Waals surface area (Å²) in [5.74, 6) is 0.192. The fourth-order valence-electron chi connectivity index (χ4n) is 3.91. The zero-order chi connectivity index (χ0) is 20.4. The number of hydrogen-bond donors (Lipinski definition) is 1. The van der Waals surface area contributed by atoms with Crippen LogP contribution < -0.4 is 4.90 Å². The number of benzene rings is 1. The Morgan fingerprint density at radius 2 is 2.00 bits per heavy atom. The second-order valence-corrected chi connectivity index (χ2v) is 7.44. The lowest BCUT2D eigenvalue weighted by Crippen LogP contribution is -2.46. The van der Waals surface area contributed by atoms with Gasteiger partial charge in [-0.15, -0.1) is 0 Å². The largest absolute Gasteiger partial charge is 0.380 e. The predicted molar refractivity (Wildman–Crippen MR) is 109 cm³/mol. The van der Waals surface area contributed by atoms with Crippen molar-refractivity contribution in [2.75, 3.05) is 31.1 Å². The summed E-state index contributed by atoms with van der Waals surface area (Å²) in [4.78, 5) is 8.61. The molecular weight excluding hydrogens is 371 g/mol. The Balaban J connectivity index is 1.49. The average Bonchev–Trinajstić information content (AvgIpc) is 3.36. The van der Waals surface area contributed by atoms with Crippen LogP contribution in [0.15, 0.2) is 43.0 Å². The zero-order valence-corrected chi connectivity index (χ0v) is 16.9. The Labute approximate surface area is 170 Å². The van der Waals surface area contributed by atoms with E-state index >= 15 is 0 Å². The van der Waals surface area contributed by atoms with E-state index < -0.39 is 6.10 Å². The molecule has 154 valence electrons. The number of hydrogen-bond acceptors (Lipinski definition) is 5. The van der Waals surface area contributed by atoms with E-state index in [2.05, 4.69) is 28.1 Å². The molecule has 2 aromatic heterocycles. The third-order valence-electron chi connectivity index (χ3n) is 5.52. The summed E-state index contributed by atoms with van der Waals surface area (Å²) in [6, 6.07) is 4.88. The van der Waals surface area contributed by atoms with Crippen LogP contribution in [0.25, 0.3) is 0 Å². The van der Waals surface area contributed by atoms with Crippen molar-refractivity contribution in [1.29, 1.82) is 0 Å². The standard InChI is InChI=1S/C21H27FN6O/c1-3-28-15-16(13-24-28)14-26-9-11-27(12-10-26)19-17(5-4-6-18(19)22)20(29)21-23-7-8-25(21)2/h4-8,13,15,20,29H,3,9-12,14H2,1-2H3. The molecule has 0 saturated carbocycles. The third kappa shape index (κ3) is 4.04. The van der Waals surface area contributed by atoms with Gasteiger partial charge in [0, 0.05) is 76.0 Å². The molecule has 1 unspecified atom stereocenters. The van der Waals surface area contributed by atoms with Crippen LogP contribution in [0.4, 0.5) is 10.1 Å². The van der Waals surface area contributed by atoms with Gasteiger partial charge in [0.05, 0.1) is 11.9 Å². The fraction of sp³-hybridized carbons (Fsp3) is 0.429. The lowest BCUT2D eigenvalue weighted by molar-refractivity contribution is 0.205. The van der Waals surface area contributed by atoms with E-state index in [1.807, 2.05) is 22.8 Å². The maximum atomic E-state index is 14.8. The number of imidazole rings is 1. The highest BCUT2D eigenvalue weighted by molar-refractivity contribution is 5.57. The van der Waals surface area contributed by atoms with Crippen LogP contribution in [0, 0.1) is 5.82 Å². The minimum Gasteiger partial charge on any atom is -0.380 e. The van der Waals surface area contributed by atoms with Gasteiger partial charge in [-0.05, 0) is 13.0 Å². The number of aromatic nitrogens is 4. The number of aliphatic hydroxyl groups excluding tert-OH is 1. The smallest absolute Gasteiger partial charge is 0.146 e. The van der Waals surface area contributed by atoms with E-state index in [4.69, 9.17) is 0 Å². The molecule has 7 nitrogen and oxygen atoms in total. The maximum absolute atomic E-state index is 14.8. The van der Waals surface area contributed by atoms with E-state index in [-0.39, 0.29) is 5.82 Å². The molecule has 1 aliphatic rings. The van der Waals surface area contributed by atoms with Gasteiger partial charge in [0.1, 0.15) is 17.7 Å². The first-order valence-corrected chi connectivity index (χ1v) is 9.99. The Morgan fingerprint density at radius 3 is 2.66 bits per heavy atom. The molecule has 0 spiro atoms. The summed E-state index contributed by atoms with van der Waals surface area (Å²) in [5.41, 5.74) is 2.22. The van der Waals surface area contributed by atoms with Crippen LogP contribution in [-0.2, 0) is 20.1 Å². The lowest BCUT2D eigenvalue weighted by Gasteiger charge is -2.37. The maximum Gasteiger partial charge on any atom is 0.146 e. The van der Waals surface area contributed by atoms with Crippen molar-refractivity contribution < 1.29 is 9.50 Å². The van der Waals surface area contributed by atoms with Crippen molar-refractivity contribution in [3.05, 3.63) is 65.8 Å². The number of piperazine rings is 1. The van der Waals surface area contributed by atoms with Gasteiger partial charge in [-0.25, -0.2) is 9.37 Å². The van der Waals surface area contributed by atoms with E-state index in [9.17, 15) is 9.50 Å². The first-order valence-electron chi connectivity index (χ1n) is 9.99. The lowest BCUT2D eigenvalue weighted by atomic mass is 10.0. The van der Waals surface area contributed by atoms with Crippen molar-refractivity contribution in [2.45, 2.75) is 26.1 Å². The van der Waals surface area contributed by atoms with Crippen LogP contribution in [0.3, 0.4) is 0 Å². The fourth-order valence-corrected chi connectivity index (χ4v) is 3.91. The molecule has 1 saturated heterocycles. The van der Waals surface area contributed by atoms with Crippen molar-refractivity contribution in [3.8, 4) is 0 Å². The van der Waals surface area contributed by atoms with Crippen LogP contribution in [0.1, 0.15) is 30.0 Å². The zero-order valence-electron chi connectivity index (χ0n) is 16.9. The number of anilines is 1. The number of halogens is 1. The van der Waals surface area contributed by atoms with Crippen molar-refractivity contribution >= 4 is 5.69 Å². The third-order valence-corrected chi connectivity index (χ3v) is 5.52. The summed E-state index contributed by atoms with van der Waals surface area (Å²) >= 11 is 0. The van der Waals surface area contributed by atoms with Gasteiger partial charge in [-0.2, -0.15) is 5.10 Å². The van der Waals surface area contributed by atoms with Crippen LogP contribution >= 0.6 is 0 Å². The van der Waals surface area contributed by atoms with Crippen LogP contribution in [-0.4, -0.2) is 55.5 Å². The molecule has 29 heavy (non-hydrogen) atoms. The van der Waals surface area contributed by atoms with Crippen molar-refractivity contribution in [2.24, 2.45) is 7.05 Å². The molecule has 3 aromatic rings. The first-order chi connectivity index (χ1) is 14.1. The van der Waals surface area contributed by atoms with E-state index in [1.54, 1.807) is 29.1 Å². The molecule has 1 N–H and O–H groups in total. The molecule has 1 aromatic carbocycles. The number of aliphatic hydroxyl groups is 1. The number of para-hydroxylation sites is 1. The molecular formula is C21H27FN6O. The topological polar surface area (TPSA) is 62.4 Å². The normalized spacial score (nSPS) is 16.3. The average molecular weight is 398 g/mol. The second-order valence-electron chi connectivity index (χ2n) is 7.44. The highest BCUT2D eigenvalue weighted by Crippen LogP contribution is 2.33.